The third-order valence-corrected chi connectivity index (χ3v) is 7.12. The number of aliphatic hydroxyl groups is 2. The van der Waals surface area contributed by atoms with E-state index in [-0.39, 0.29) is 19.0 Å². The van der Waals surface area contributed by atoms with Gasteiger partial charge in [-0.2, -0.15) is 5.10 Å². The van der Waals surface area contributed by atoms with E-state index < -0.39 is 12.1 Å². The maximum Gasteiger partial charge on any atom is 0.329 e. The Morgan fingerprint density at radius 1 is 1.05 bits per heavy atom. The lowest BCUT2D eigenvalue weighted by molar-refractivity contribution is -0.142. The summed E-state index contributed by atoms with van der Waals surface area (Å²) in [6, 6.07) is 16.3. The smallest absolute Gasteiger partial charge is 0.329 e. The van der Waals surface area contributed by atoms with Gasteiger partial charge in [-0.05, 0) is 68.1 Å². The molecule has 1 heterocycles. The number of carbonyl (C=O) groups is 1. The summed E-state index contributed by atoms with van der Waals surface area (Å²) < 4.78 is 21.6. The molecule has 0 saturated heterocycles. The summed E-state index contributed by atoms with van der Waals surface area (Å²) in [5.41, 5.74) is 4.22. The normalized spacial score (nSPS) is 18.6. The van der Waals surface area contributed by atoms with E-state index in [1.165, 1.54) is 12.1 Å². The van der Waals surface area contributed by atoms with Crippen molar-refractivity contribution in [3.05, 3.63) is 66.1 Å². The molecule has 1 atom stereocenters. The first kappa shape index (κ1) is 27.0. The number of aliphatic hydroxyl groups excluding tert-OH is 2. The summed E-state index contributed by atoms with van der Waals surface area (Å²) in [6.07, 6.45) is 3.91. The predicted octanol–water partition coefficient (Wildman–Crippen LogP) is 4.55. The van der Waals surface area contributed by atoms with Crippen LogP contribution in [0.5, 0.6) is 0 Å². The Morgan fingerprint density at radius 3 is 2.43 bits per heavy atom. The molecule has 0 amide bonds. The second-order valence-corrected chi connectivity index (χ2v) is 9.90. The van der Waals surface area contributed by atoms with E-state index in [4.69, 9.17) is 14.9 Å². The van der Waals surface area contributed by atoms with E-state index in [1.807, 2.05) is 41.1 Å². The molecule has 4 rings (SSSR count). The maximum atomic E-state index is 14.3. The first-order valence-electron chi connectivity index (χ1n) is 12.9. The van der Waals surface area contributed by atoms with E-state index >= 15 is 0 Å². The zero-order valence-corrected chi connectivity index (χ0v) is 20.9. The Balaban J connectivity index is 1.62. The summed E-state index contributed by atoms with van der Waals surface area (Å²) in [5, 5.41) is 33.3. The second-order valence-electron chi connectivity index (χ2n) is 9.90. The fraction of sp³-hybridized carbons (Fsp3) is 0.448. The van der Waals surface area contributed by atoms with Gasteiger partial charge in [0.2, 0.25) is 0 Å². The topological polar surface area (TPSA) is 105 Å². The Kier molecular flexibility index (Phi) is 9.44. The zero-order chi connectivity index (χ0) is 26.2. The SMILES string of the molecule is O=C(O)COC[C@H]1CC[C@H](Cn2nc(-c3ccccc3)c(-c3cccc(F)c3)c2CC[C@@H](O)CO)CC1. The predicted molar refractivity (Wildman–Crippen MR) is 138 cm³/mol. The summed E-state index contributed by atoms with van der Waals surface area (Å²) >= 11 is 0. The minimum absolute atomic E-state index is 0.263. The van der Waals surface area contributed by atoms with Gasteiger partial charge in [0.15, 0.2) is 0 Å². The number of aliphatic carboxylic acids is 1. The molecular formula is C29H35FN2O5. The average Bonchev–Trinajstić information content (AvgIpc) is 3.26. The molecule has 2 aromatic carbocycles. The van der Waals surface area contributed by atoms with Gasteiger partial charge in [0.1, 0.15) is 18.1 Å². The Bertz CT molecular complexity index is 1160. The molecule has 3 aromatic rings. The molecule has 37 heavy (non-hydrogen) atoms. The molecule has 0 bridgehead atoms. The molecule has 0 aliphatic heterocycles. The summed E-state index contributed by atoms with van der Waals surface area (Å²) in [4.78, 5) is 10.7. The van der Waals surface area contributed by atoms with Crippen LogP contribution in [0, 0.1) is 17.7 Å². The van der Waals surface area contributed by atoms with Gasteiger partial charge in [0, 0.05) is 23.4 Å². The fourth-order valence-corrected chi connectivity index (χ4v) is 5.18. The van der Waals surface area contributed by atoms with Crippen molar-refractivity contribution in [2.24, 2.45) is 11.8 Å². The highest BCUT2D eigenvalue weighted by Crippen LogP contribution is 2.37. The van der Waals surface area contributed by atoms with Crippen LogP contribution in [-0.2, 0) is 22.5 Å². The molecule has 1 aromatic heterocycles. The van der Waals surface area contributed by atoms with Crippen LogP contribution in [0.25, 0.3) is 22.4 Å². The zero-order valence-electron chi connectivity index (χ0n) is 20.9. The van der Waals surface area contributed by atoms with Gasteiger partial charge in [0.05, 0.1) is 19.3 Å². The van der Waals surface area contributed by atoms with Crippen LogP contribution in [-0.4, -0.2) is 57.0 Å². The third-order valence-electron chi connectivity index (χ3n) is 7.12. The number of hydrogen-bond donors (Lipinski definition) is 3. The number of hydrogen-bond acceptors (Lipinski definition) is 5. The van der Waals surface area contributed by atoms with Gasteiger partial charge < -0.3 is 20.1 Å². The third kappa shape index (κ3) is 7.25. The molecule has 3 N–H and O–H groups in total. The van der Waals surface area contributed by atoms with Crippen molar-refractivity contribution in [1.82, 2.24) is 9.78 Å². The Morgan fingerprint density at radius 2 is 1.76 bits per heavy atom. The average molecular weight is 511 g/mol. The van der Waals surface area contributed by atoms with E-state index in [0.717, 1.165) is 53.8 Å². The van der Waals surface area contributed by atoms with Gasteiger partial charge in [0.25, 0.3) is 0 Å². The molecule has 1 aliphatic carbocycles. The van der Waals surface area contributed by atoms with Crippen molar-refractivity contribution in [3.8, 4) is 22.4 Å². The highest BCUT2D eigenvalue weighted by atomic mass is 19.1. The van der Waals surface area contributed by atoms with Gasteiger partial charge in [-0.1, -0.05) is 42.5 Å². The molecule has 0 spiro atoms. The maximum absolute atomic E-state index is 14.3. The lowest BCUT2D eigenvalue weighted by Crippen LogP contribution is -2.24. The second kappa shape index (κ2) is 12.9. The van der Waals surface area contributed by atoms with Crippen LogP contribution in [0.4, 0.5) is 4.39 Å². The summed E-state index contributed by atoms with van der Waals surface area (Å²) in [7, 11) is 0. The number of halogens is 1. The van der Waals surface area contributed by atoms with Crippen LogP contribution < -0.4 is 0 Å². The largest absolute Gasteiger partial charge is 0.480 e. The quantitative estimate of drug-likeness (QED) is 0.330. The molecule has 1 aliphatic rings. The number of aromatic nitrogens is 2. The monoisotopic (exact) mass is 510 g/mol. The molecule has 8 heteroatoms. The van der Waals surface area contributed by atoms with E-state index in [9.17, 15) is 19.4 Å². The highest BCUT2D eigenvalue weighted by molar-refractivity contribution is 5.82. The molecule has 0 unspecified atom stereocenters. The van der Waals surface area contributed by atoms with Crippen LogP contribution in [0.2, 0.25) is 0 Å². The Labute approximate surface area is 216 Å². The van der Waals surface area contributed by atoms with Crippen LogP contribution in [0.15, 0.2) is 54.6 Å². The first-order valence-corrected chi connectivity index (χ1v) is 12.9. The van der Waals surface area contributed by atoms with Gasteiger partial charge in [-0.15, -0.1) is 0 Å². The standard InChI is InChI=1S/C29H35FN2O5/c30-24-8-4-7-23(15-24)28-26(14-13-25(34)17-33)32(31-29(28)22-5-2-1-3-6-22)16-20-9-11-21(12-10-20)18-37-19-27(35)36/h1-8,15,20-21,25,33-34H,9-14,16-19H2,(H,35,36)/t20-,21-,25-/m1/s1. The van der Waals surface area contributed by atoms with Crippen molar-refractivity contribution in [1.29, 1.82) is 0 Å². The van der Waals surface area contributed by atoms with Crippen LogP contribution in [0.3, 0.4) is 0 Å². The van der Waals surface area contributed by atoms with Gasteiger partial charge in [-0.25, -0.2) is 9.18 Å². The van der Waals surface area contributed by atoms with Crippen molar-refractivity contribution in [2.75, 3.05) is 19.8 Å². The van der Waals surface area contributed by atoms with Crippen molar-refractivity contribution >= 4 is 5.97 Å². The number of nitrogens with zero attached hydrogens (tertiary/aromatic N) is 2. The van der Waals surface area contributed by atoms with Crippen molar-refractivity contribution in [2.45, 2.75) is 51.2 Å². The molecule has 7 nitrogen and oxygen atoms in total. The lowest BCUT2D eigenvalue weighted by atomic mass is 9.82. The van der Waals surface area contributed by atoms with Gasteiger partial charge >= 0.3 is 5.97 Å². The van der Waals surface area contributed by atoms with E-state index in [2.05, 4.69) is 0 Å². The number of ether oxygens (including phenoxy) is 1. The van der Waals surface area contributed by atoms with Gasteiger partial charge in [-0.3, -0.25) is 4.68 Å². The number of benzene rings is 2. The molecule has 198 valence electrons. The Hall–Kier alpha value is -3.07. The highest BCUT2D eigenvalue weighted by Gasteiger charge is 2.26. The van der Waals surface area contributed by atoms with Crippen LogP contribution >= 0.6 is 0 Å². The first-order chi connectivity index (χ1) is 17.9. The number of carboxylic acid groups (broad SMARTS) is 1. The van der Waals surface area contributed by atoms with Crippen LogP contribution in [0.1, 0.15) is 37.8 Å². The minimum Gasteiger partial charge on any atom is -0.480 e. The molecular weight excluding hydrogens is 475 g/mol. The van der Waals surface area contributed by atoms with Crippen molar-refractivity contribution in [3.63, 3.8) is 0 Å². The number of rotatable bonds is 12. The molecule has 1 saturated carbocycles. The van der Waals surface area contributed by atoms with E-state index in [0.29, 0.717) is 37.8 Å². The minimum atomic E-state index is -0.950. The summed E-state index contributed by atoms with van der Waals surface area (Å²) in [6.45, 7) is 0.583. The lowest BCUT2D eigenvalue weighted by Gasteiger charge is -2.28. The van der Waals surface area contributed by atoms with Crippen molar-refractivity contribution < 1.29 is 29.2 Å². The summed E-state index contributed by atoms with van der Waals surface area (Å²) in [5.74, 6) is -0.528. The molecule has 0 radical (unpaired) electrons. The molecule has 1 fully saturated rings. The fourth-order valence-electron chi connectivity index (χ4n) is 5.18. The number of carboxylic acids is 1. The van der Waals surface area contributed by atoms with E-state index in [1.54, 1.807) is 6.07 Å².